The summed E-state index contributed by atoms with van der Waals surface area (Å²) in [6.45, 7) is 1.15. The minimum Gasteiger partial charge on any atom is -0.306 e. The van der Waals surface area contributed by atoms with Gasteiger partial charge in [0.2, 0.25) is 0 Å². The maximum absolute atomic E-state index is 13.5. The van der Waals surface area contributed by atoms with Crippen LogP contribution in [0.1, 0.15) is 10.6 Å². The van der Waals surface area contributed by atoms with Gasteiger partial charge in [-0.15, -0.1) is 11.3 Å². The van der Waals surface area contributed by atoms with Crippen molar-refractivity contribution in [2.75, 3.05) is 0 Å². The van der Waals surface area contributed by atoms with Crippen LogP contribution in [0.4, 0.5) is 4.39 Å². The van der Waals surface area contributed by atoms with Crippen molar-refractivity contribution in [1.29, 1.82) is 0 Å². The van der Waals surface area contributed by atoms with Crippen LogP contribution in [0.15, 0.2) is 60.8 Å². The molecule has 0 aliphatic rings. The molecule has 0 bridgehead atoms. The monoisotopic (exact) mass is 298 g/mol. The lowest BCUT2D eigenvalue weighted by atomic mass is 10.2. The van der Waals surface area contributed by atoms with E-state index >= 15 is 0 Å². The number of rotatable bonds is 5. The summed E-state index contributed by atoms with van der Waals surface area (Å²) in [5, 5.41) is 4.24. The highest BCUT2D eigenvalue weighted by Gasteiger charge is 2.05. The topological polar surface area (TPSA) is 24.9 Å². The molecule has 0 saturated heterocycles. The summed E-state index contributed by atoms with van der Waals surface area (Å²) in [6.07, 6.45) is 1.89. The SMILES string of the molecule is Fc1ccccc1CNCc1ncc(-c2ccccc2)s1. The fraction of sp³-hybridized carbons (Fsp3) is 0.118. The lowest BCUT2D eigenvalue weighted by molar-refractivity contribution is 0.587. The van der Waals surface area contributed by atoms with Crippen molar-refractivity contribution in [3.63, 3.8) is 0 Å². The normalized spacial score (nSPS) is 10.7. The summed E-state index contributed by atoms with van der Waals surface area (Å²) in [7, 11) is 0. The van der Waals surface area contributed by atoms with E-state index in [0.29, 0.717) is 18.7 Å². The molecule has 0 spiro atoms. The fourth-order valence-electron chi connectivity index (χ4n) is 2.07. The number of halogens is 1. The van der Waals surface area contributed by atoms with Crippen molar-refractivity contribution in [2.45, 2.75) is 13.1 Å². The van der Waals surface area contributed by atoms with Gasteiger partial charge < -0.3 is 5.32 Å². The lowest BCUT2D eigenvalue weighted by Crippen LogP contribution is -2.13. The summed E-state index contributed by atoms with van der Waals surface area (Å²) in [5.41, 5.74) is 1.85. The molecule has 106 valence electrons. The molecule has 1 N–H and O–H groups in total. The van der Waals surface area contributed by atoms with E-state index in [1.54, 1.807) is 23.5 Å². The molecule has 1 aromatic heterocycles. The Hall–Kier alpha value is -2.04. The number of hydrogen-bond donors (Lipinski definition) is 1. The average molecular weight is 298 g/mol. The highest BCUT2D eigenvalue weighted by Crippen LogP contribution is 2.25. The average Bonchev–Trinajstić information content (AvgIpc) is 2.99. The second kappa shape index (κ2) is 6.61. The summed E-state index contributed by atoms with van der Waals surface area (Å²) in [5.74, 6) is -0.172. The summed E-state index contributed by atoms with van der Waals surface area (Å²) in [6, 6.07) is 17.0. The van der Waals surface area contributed by atoms with Gasteiger partial charge in [-0.05, 0) is 11.6 Å². The van der Waals surface area contributed by atoms with E-state index < -0.39 is 0 Å². The van der Waals surface area contributed by atoms with Crippen LogP contribution in [0.25, 0.3) is 10.4 Å². The Balaban J connectivity index is 1.60. The molecule has 21 heavy (non-hydrogen) atoms. The molecule has 4 heteroatoms. The summed E-state index contributed by atoms with van der Waals surface area (Å²) < 4.78 is 13.5. The first-order valence-corrected chi connectivity index (χ1v) is 7.59. The van der Waals surface area contributed by atoms with Crippen molar-refractivity contribution >= 4 is 11.3 Å². The van der Waals surface area contributed by atoms with Crippen molar-refractivity contribution in [1.82, 2.24) is 10.3 Å². The number of aromatic nitrogens is 1. The van der Waals surface area contributed by atoms with Gasteiger partial charge >= 0.3 is 0 Å². The highest BCUT2D eigenvalue weighted by molar-refractivity contribution is 7.15. The van der Waals surface area contributed by atoms with Gasteiger partial charge in [-0.1, -0.05) is 48.5 Å². The van der Waals surface area contributed by atoms with Crippen LogP contribution in [-0.2, 0) is 13.1 Å². The first-order valence-electron chi connectivity index (χ1n) is 6.77. The zero-order valence-corrected chi connectivity index (χ0v) is 12.2. The molecule has 0 fully saturated rings. The van der Waals surface area contributed by atoms with Crippen LogP contribution in [0.2, 0.25) is 0 Å². The van der Waals surface area contributed by atoms with Gasteiger partial charge in [-0.2, -0.15) is 0 Å². The van der Waals surface area contributed by atoms with Crippen LogP contribution in [0, 0.1) is 5.82 Å². The predicted molar refractivity (Wildman–Crippen MR) is 84.5 cm³/mol. The predicted octanol–water partition coefficient (Wildman–Crippen LogP) is 4.24. The molecule has 0 unspecified atom stereocenters. The van der Waals surface area contributed by atoms with Gasteiger partial charge in [-0.3, -0.25) is 0 Å². The lowest BCUT2D eigenvalue weighted by Gasteiger charge is -2.03. The maximum atomic E-state index is 13.5. The molecule has 0 aliphatic heterocycles. The minimum absolute atomic E-state index is 0.172. The minimum atomic E-state index is -0.172. The number of nitrogens with zero attached hydrogens (tertiary/aromatic N) is 1. The van der Waals surface area contributed by atoms with Crippen molar-refractivity contribution < 1.29 is 4.39 Å². The van der Waals surface area contributed by atoms with Gasteiger partial charge in [0, 0.05) is 24.8 Å². The van der Waals surface area contributed by atoms with Crippen LogP contribution in [-0.4, -0.2) is 4.98 Å². The number of thiazole rings is 1. The maximum Gasteiger partial charge on any atom is 0.127 e. The van der Waals surface area contributed by atoms with E-state index in [1.807, 2.05) is 30.5 Å². The van der Waals surface area contributed by atoms with E-state index in [2.05, 4.69) is 22.4 Å². The van der Waals surface area contributed by atoms with Gasteiger partial charge in [0.15, 0.2) is 0 Å². The molecule has 1 heterocycles. The Morgan fingerprint density at radius 2 is 1.71 bits per heavy atom. The number of benzene rings is 2. The molecule has 3 rings (SSSR count). The summed E-state index contributed by atoms with van der Waals surface area (Å²) in [4.78, 5) is 5.56. The van der Waals surface area contributed by atoms with Gasteiger partial charge in [0.1, 0.15) is 10.8 Å². The van der Waals surface area contributed by atoms with Crippen molar-refractivity contribution in [3.05, 3.63) is 77.2 Å². The van der Waals surface area contributed by atoms with Gasteiger partial charge in [0.25, 0.3) is 0 Å². The van der Waals surface area contributed by atoms with Crippen molar-refractivity contribution in [3.8, 4) is 10.4 Å². The van der Waals surface area contributed by atoms with E-state index in [1.165, 1.54) is 11.6 Å². The molecule has 0 atom stereocenters. The summed E-state index contributed by atoms with van der Waals surface area (Å²) >= 11 is 1.66. The van der Waals surface area contributed by atoms with Crippen LogP contribution >= 0.6 is 11.3 Å². The van der Waals surface area contributed by atoms with Crippen LogP contribution in [0.5, 0.6) is 0 Å². The van der Waals surface area contributed by atoms with Crippen LogP contribution < -0.4 is 5.32 Å². The highest BCUT2D eigenvalue weighted by atomic mass is 32.1. The first kappa shape index (κ1) is 13.9. The van der Waals surface area contributed by atoms with Crippen molar-refractivity contribution in [2.24, 2.45) is 0 Å². The fourth-order valence-corrected chi connectivity index (χ4v) is 2.97. The first-order chi connectivity index (χ1) is 10.3. The third kappa shape index (κ3) is 3.54. The Bertz CT molecular complexity index is 710. The van der Waals surface area contributed by atoms with E-state index in [-0.39, 0.29) is 5.82 Å². The molecule has 0 amide bonds. The third-order valence-electron chi connectivity index (χ3n) is 3.16. The smallest absolute Gasteiger partial charge is 0.127 e. The van der Waals surface area contributed by atoms with Gasteiger partial charge in [-0.25, -0.2) is 9.37 Å². The Morgan fingerprint density at radius 3 is 2.52 bits per heavy atom. The Kier molecular flexibility index (Phi) is 4.38. The molecule has 0 radical (unpaired) electrons. The second-order valence-electron chi connectivity index (χ2n) is 4.68. The largest absolute Gasteiger partial charge is 0.306 e. The zero-order chi connectivity index (χ0) is 14.5. The third-order valence-corrected chi connectivity index (χ3v) is 4.21. The quantitative estimate of drug-likeness (QED) is 0.762. The number of hydrogen-bond acceptors (Lipinski definition) is 3. The van der Waals surface area contributed by atoms with E-state index in [9.17, 15) is 4.39 Å². The van der Waals surface area contributed by atoms with E-state index in [0.717, 1.165) is 9.88 Å². The van der Waals surface area contributed by atoms with Gasteiger partial charge in [0.05, 0.1) is 4.88 Å². The standard InChI is InChI=1S/C17H15FN2S/c18-15-9-5-4-8-14(15)10-19-12-17-20-11-16(21-17)13-6-2-1-3-7-13/h1-9,11,19H,10,12H2. The molecule has 2 aromatic carbocycles. The molecular formula is C17H15FN2S. The zero-order valence-electron chi connectivity index (χ0n) is 11.4. The molecule has 0 aliphatic carbocycles. The Morgan fingerprint density at radius 1 is 0.952 bits per heavy atom. The number of nitrogens with one attached hydrogen (secondary N) is 1. The van der Waals surface area contributed by atoms with Crippen LogP contribution in [0.3, 0.4) is 0 Å². The molecule has 2 nitrogen and oxygen atoms in total. The Labute approximate surface area is 127 Å². The molecule has 0 saturated carbocycles. The second-order valence-corrected chi connectivity index (χ2v) is 5.79. The molecular weight excluding hydrogens is 283 g/mol. The van der Waals surface area contributed by atoms with E-state index in [4.69, 9.17) is 0 Å². The molecule has 3 aromatic rings.